The second-order valence-electron chi connectivity index (χ2n) is 3.84. The van der Waals surface area contributed by atoms with E-state index in [4.69, 9.17) is 16.3 Å². The number of alkyl halides is 3. The molecule has 112 valence electrons. The van der Waals surface area contributed by atoms with Gasteiger partial charge in [-0.05, 0) is 42.8 Å². The van der Waals surface area contributed by atoms with Crippen molar-refractivity contribution in [3.8, 4) is 6.01 Å². The van der Waals surface area contributed by atoms with Crippen molar-refractivity contribution in [1.82, 2.24) is 15.0 Å². The average Bonchev–Trinajstić information content (AvgIpc) is 2.38. The number of rotatable bonds is 4. The Morgan fingerprint density at radius 2 is 1.81 bits per heavy atom. The van der Waals surface area contributed by atoms with Crippen LogP contribution in [-0.2, 0) is 6.18 Å². The van der Waals surface area contributed by atoms with E-state index in [1.54, 1.807) is 6.92 Å². The van der Waals surface area contributed by atoms with Gasteiger partial charge in [-0.15, -0.1) is 0 Å². The smallest absolute Gasteiger partial charge is 0.416 e. The van der Waals surface area contributed by atoms with Gasteiger partial charge in [-0.3, -0.25) is 0 Å². The van der Waals surface area contributed by atoms with Crippen LogP contribution in [0.3, 0.4) is 0 Å². The van der Waals surface area contributed by atoms with Crippen LogP contribution in [0.5, 0.6) is 6.01 Å². The van der Waals surface area contributed by atoms with Crippen LogP contribution < -0.4 is 10.1 Å². The third-order valence-corrected chi connectivity index (χ3v) is 2.50. The lowest BCUT2D eigenvalue weighted by Gasteiger charge is -2.09. The molecule has 0 unspecified atom stereocenters. The number of nitrogens with one attached hydrogen (secondary N) is 1. The summed E-state index contributed by atoms with van der Waals surface area (Å²) >= 11 is 5.71. The Morgan fingerprint density at radius 3 is 2.38 bits per heavy atom. The molecule has 1 N–H and O–H groups in total. The summed E-state index contributed by atoms with van der Waals surface area (Å²) in [5, 5.41) is 2.65. The SMILES string of the molecule is CCOc1nc(Cl)nc(Nc2ccc(C(F)(F)F)cc2)n1. The summed E-state index contributed by atoms with van der Waals surface area (Å²) in [4.78, 5) is 11.5. The first-order valence-electron chi connectivity index (χ1n) is 5.87. The molecule has 0 radical (unpaired) electrons. The van der Waals surface area contributed by atoms with E-state index in [9.17, 15) is 13.2 Å². The zero-order valence-electron chi connectivity index (χ0n) is 10.8. The van der Waals surface area contributed by atoms with Crippen LogP contribution in [0.25, 0.3) is 0 Å². The largest absolute Gasteiger partial charge is 0.464 e. The summed E-state index contributed by atoms with van der Waals surface area (Å²) < 4.78 is 42.4. The van der Waals surface area contributed by atoms with Gasteiger partial charge in [-0.25, -0.2) is 0 Å². The van der Waals surface area contributed by atoms with Crippen LogP contribution in [0.4, 0.5) is 24.8 Å². The molecule has 0 atom stereocenters. The number of benzene rings is 1. The lowest BCUT2D eigenvalue weighted by molar-refractivity contribution is -0.137. The van der Waals surface area contributed by atoms with Gasteiger partial charge in [0.1, 0.15) is 0 Å². The molecule has 0 aliphatic rings. The molecule has 5 nitrogen and oxygen atoms in total. The Labute approximate surface area is 123 Å². The molecular formula is C12H10ClF3N4O. The van der Waals surface area contributed by atoms with E-state index >= 15 is 0 Å². The third kappa shape index (κ3) is 4.19. The van der Waals surface area contributed by atoms with Crippen molar-refractivity contribution in [3.63, 3.8) is 0 Å². The first-order valence-corrected chi connectivity index (χ1v) is 6.25. The number of halogens is 4. The maximum absolute atomic E-state index is 12.4. The van der Waals surface area contributed by atoms with Crippen LogP contribution in [0, 0.1) is 0 Å². The van der Waals surface area contributed by atoms with Crippen LogP contribution in [0.2, 0.25) is 5.28 Å². The van der Waals surface area contributed by atoms with Gasteiger partial charge >= 0.3 is 12.2 Å². The Morgan fingerprint density at radius 1 is 1.14 bits per heavy atom. The fraction of sp³-hybridized carbons (Fsp3) is 0.250. The van der Waals surface area contributed by atoms with Gasteiger partial charge in [0, 0.05) is 5.69 Å². The van der Waals surface area contributed by atoms with Crippen molar-refractivity contribution in [3.05, 3.63) is 35.1 Å². The predicted octanol–water partition coefficient (Wildman–Crippen LogP) is 3.69. The van der Waals surface area contributed by atoms with Crippen LogP contribution >= 0.6 is 11.6 Å². The van der Waals surface area contributed by atoms with Gasteiger partial charge in [0.2, 0.25) is 11.2 Å². The summed E-state index contributed by atoms with van der Waals surface area (Å²) in [5.41, 5.74) is -0.357. The van der Waals surface area contributed by atoms with Crippen LogP contribution in [0.15, 0.2) is 24.3 Å². The molecule has 0 aliphatic heterocycles. The molecule has 0 amide bonds. The van der Waals surface area contributed by atoms with Crippen molar-refractivity contribution < 1.29 is 17.9 Å². The highest BCUT2D eigenvalue weighted by molar-refractivity contribution is 6.28. The van der Waals surface area contributed by atoms with E-state index in [2.05, 4.69) is 20.3 Å². The molecule has 0 fully saturated rings. The Kier molecular flexibility index (Phi) is 4.46. The average molecular weight is 319 g/mol. The number of anilines is 2. The monoisotopic (exact) mass is 318 g/mol. The second-order valence-corrected chi connectivity index (χ2v) is 4.18. The van der Waals surface area contributed by atoms with E-state index in [1.807, 2.05) is 0 Å². The zero-order valence-corrected chi connectivity index (χ0v) is 11.5. The molecule has 0 saturated heterocycles. The van der Waals surface area contributed by atoms with E-state index in [-0.39, 0.29) is 17.2 Å². The minimum Gasteiger partial charge on any atom is -0.464 e. The standard InChI is InChI=1S/C12H10ClF3N4O/c1-2-21-11-19-9(13)18-10(20-11)17-8-5-3-7(4-6-8)12(14,15)16/h3-6H,2H2,1H3,(H,17,18,19,20). The fourth-order valence-corrected chi connectivity index (χ4v) is 1.61. The first kappa shape index (κ1) is 15.3. The molecule has 1 aromatic heterocycles. The van der Waals surface area contributed by atoms with Gasteiger partial charge < -0.3 is 10.1 Å². The Bertz CT molecular complexity index is 619. The molecule has 2 rings (SSSR count). The second kappa shape index (κ2) is 6.13. The van der Waals surface area contributed by atoms with Gasteiger partial charge in [-0.1, -0.05) is 0 Å². The molecule has 21 heavy (non-hydrogen) atoms. The van der Waals surface area contributed by atoms with E-state index in [0.717, 1.165) is 12.1 Å². The highest BCUT2D eigenvalue weighted by Crippen LogP contribution is 2.30. The minimum atomic E-state index is -4.38. The van der Waals surface area contributed by atoms with Gasteiger partial charge in [0.25, 0.3) is 0 Å². The lowest BCUT2D eigenvalue weighted by atomic mass is 10.2. The maximum Gasteiger partial charge on any atom is 0.416 e. The van der Waals surface area contributed by atoms with Gasteiger partial charge in [0.05, 0.1) is 12.2 Å². The first-order chi connectivity index (χ1) is 9.88. The maximum atomic E-state index is 12.4. The summed E-state index contributed by atoms with van der Waals surface area (Å²) in [5.74, 6) is 0.0817. The van der Waals surface area contributed by atoms with Crippen molar-refractivity contribution in [2.75, 3.05) is 11.9 Å². The summed E-state index contributed by atoms with van der Waals surface area (Å²) in [6.45, 7) is 2.10. The molecule has 0 bridgehead atoms. The third-order valence-electron chi connectivity index (χ3n) is 2.33. The molecule has 9 heteroatoms. The number of nitrogens with zero attached hydrogens (tertiary/aromatic N) is 3. The van der Waals surface area contributed by atoms with Crippen molar-refractivity contribution >= 4 is 23.2 Å². The van der Waals surface area contributed by atoms with Crippen LogP contribution in [-0.4, -0.2) is 21.6 Å². The number of hydrogen-bond acceptors (Lipinski definition) is 5. The predicted molar refractivity (Wildman–Crippen MR) is 70.7 cm³/mol. The molecule has 0 saturated carbocycles. The summed E-state index contributed by atoms with van der Waals surface area (Å²) in [6.07, 6.45) is -4.38. The summed E-state index contributed by atoms with van der Waals surface area (Å²) in [6, 6.07) is 4.47. The molecule has 2 aromatic rings. The van der Waals surface area contributed by atoms with E-state index < -0.39 is 11.7 Å². The number of aromatic nitrogens is 3. The van der Waals surface area contributed by atoms with Crippen molar-refractivity contribution in [2.24, 2.45) is 0 Å². The van der Waals surface area contributed by atoms with E-state index in [0.29, 0.717) is 12.3 Å². The molecular weight excluding hydrogens is 309 g/mol. The molecule has 0 aliphatic carbocycles. The van der Waals surface area contributed by atoms with Gasteiger partial charge in [0.15, 0.2) is 0 Å². The van der Waals surface area contributed by atoms with Gasteiger partial charge in [-0.2, -0.15) is 28.1 Å². The van der Waals surface area contributed by atoms with E-state index in [1.165, 1.54) is 12.1 Å². The topological polar surface area (TPSA) is 59.9 Å². The van der Waals surface area contributed by atoms with Crippen molar-refractivity contribution in [2.45, 2.75) is 13.1 Å². The summed E-state index contributed by atoms with van der Waals surface area (Å²) in [7, 11) is 0. The van der Waals surface area contributed by atoms with Crippen molar-refractivity contribution in [1.29, 1.82) is 0 Å². The normalized spacial score (nSPS) is 11.3. The quantitative estimate of drug-likeness (QED) is 0.931. The molecule has 0 spiro atoms. The Balaban J connectivity index is 2.18. The molecule has 1 heterocycles. The molecule has 1 aromatic carbocycles. The lowest BCUT2D eigenvalue weighted by Crippen LogP contribution is -2.06. The zero-order chi connectivity index (χ0) is 15.5. The fourth-order valence-electron chi connectivity index (χ4n) is 1.45. The minimum absolute atomic E-state index is 0.0342. The number of hydrogen-bond donors (Lipinski definition) is 1. The van der Waals surface area contributed by atoms with Crippen LogP contribution in [0.1, 0.15) is 12.5 Å². The number of ether oxygens (including phenoxy) is 1. The highest BCUT2D eigenvalue weighted by atomic mass is 35.5. The Hall–Kier alpha value is -2.09. The highest BCUT2D eigenvalue weighted by Gasteiger charge is 2.29.